The van der Waals surface area contributed by atoms with E-state index in [4.69, 9.17) is 18.9 Å². The molecular formula is C35H41NO8S. The van der Waals surface area contributed by atoms with Gasteiger partial charge in [-0.15, -0.1) is 0 Å². The van der Waals surface area contributed by atoms with Crippen LogP contribution < -0.4 is 29.8 Å². The fourth-order valence-electron chi connectivity index (χ4n) is 7.66. The lowest BCUT2D eigenvalue weighted by molar-refractivity contribution is -0.360. The average molecular weight is 636 g/mol. The van der Waals surface area contributed by atoms with Crippen molar-refractivity contribution in [3.63, 3.8) is 0 Å². The van der Waals surface area contributed by atoms with Crippen LogP contribution in [0.3, 0.4) is 0 Å². The maximum Gasteiger partial charge on any atom is 0.339 e. The lowest BCUT2D eigenvalue weighted by Crippen LogP contribution is -2.51. The van der Waals surface area contributed by atoms with Gasteiger partial charge in [-0.25, -0.2) is 4.79 Å². The molecule has 1 spiro atoms. The largest absolute Gasteiger partial charge is 0.545 e. The summed E-state index contributed by atoms with van der Waals surface area (Å²) in [6.07, 6.45) is 1.66. The molecule has 3 aliphatic rings. The minimum atomic E-state index is -1.46. The Morgan fingerprint density at radius 2 is 1.24 bits per heavy atom. The van der Waals surface area contributed by atoms with Crippen LogP contribution in [0.1, 0.15) is 94.6 Å². The molecule has 0 amide bonds. The van der Waals surface area contributed by atoms with Crippen molar-refractivity contribution in [1.82, 2.24) is 0 Å². The third-order valence-electron chi connectivity index (χ3n) is 9.56. The zero-order valence-corrected chi connectivity index (χ0v) is 28.0. The van der Waals surface area contributed by atoms with E-state index >= 15 is 0 Å². The van der Waals surface area contributed by atoms with E-state index in [1.165, 1.54) is 11.1 Å². The van der Waals surface area contributed by atoms with E-state index in [2.05, 4.69) is 58.2 Å². The summed E-state index contributed by atoms with van der Waals surface area (Å²) in [7, 11) is 3.27. The molecular weight excluding hydrogens is 594 g/mol. The molecule has 0 fully saturated rings. The number of thiol groups is 1. The topological polar surface area (TPSA) is 142 Å². The second-order valence-corrected chi connectivity index (χ2v) is 13.8. The average Bonchev–Trinajstić information content (AvgIpc) is 3.33. The number of hydrogen-bond donors (Lipinski definition) is 3. The summed E-state index contributed by atoms with van der Waals surface area (Å²) in [5, 5.41) is 22.2. The molecule has 3 aromatic carbocycles. The first-order valence-corrected chi connectivity index (χ1v) is 15.5. The van der Waals surface area contributed by atoms with Gasteiger partial charge in [-0.1, -0.05) is 27.7 Å². The first-order chi connectivity index (χ1) is 21.1. The second kappa shape index (κ2) is 11.2. The number of ether oxygens (including phenoxy) is 4. The van der Waals surface area contributed by atoms with Crippen LogP contribution in [0.2, 0.25) is 0 Å². The molecule has 1 aliphatic heterocycles. The zero-order chi connectivity index (χ0) is 33.2. The summed E-state index contributed by atoms with van der Waals surface area (Å²) in [4.78, 5) is 24.5. The number of carbonyl (C=O) groups excluding carboxylic acids is 1. The number of hydrogen-bond acceptors (Lipinski definition) is 8. The maximum absolute atomic E-state index is 12.3. The Morgan fingerprint density at radius 1 is 0.844 bits per heavy atom. The minimum Gasteiger partial charge on any atom is -0.545 e. The quantitative estimate of drug-likeness (QED) is 0.258. The van der Waals surface area contributed by atoms with Crippen LogP contribution in [0.4, 0.5) is 0 Å². The molecule has 1 atom stereocenters. The van der Waals surface area contributed by atoms with E-state index < -0.39 is 11.9 Å². The highest BCUT2D eigenvalue weighted by atomic mass is 32.1. The number of carboxylic acids is 2. The van der Waals surface area contributed by atoms with Crippen molar-refractivity contribution < 1.29 is 44.5 Å². The number of fused-ring (bicyclic) bond motifs is 6. The number of benzene rings is 3. The Morgan fingerprint density at radius 3 is 1.69 bits per heavy atom. The smallest absolute Gasteiger partial charge is 0.339 e. The molecule has 9 nitrogen and oxygen atoms in total. The minimum absolute atomic E-state index is 0.128. The number of rotatable bonds is 5. The Kier molecular flexibility index (Phi) is 8.07. The Balaban J connectivity index is 0.000000945. The molecule has 3 aromatic rings. The summed E-state index contributed by atoms with van der Waals surface area (Å²) >= 11 is 3.86. The van der Waals surface area contributed by atoms with E-state index in [1.54, 1.807) is 28.1 Å². The van der Waals surface area contributed by atoms with Gasteiger partial charge < -0.3 is 39.7 Å². The van der Waals surface area contributed by atoms with Crippen molar-refractivity contribution >= 4 is 24.6 Å². The molecule has 0 saturated heterocycles. The Labute approximate surface area is 269 Å². The molecule has 0 radical (unpaired) electrons. The number of carbonyl (C=O) groups is 2. The summed E-state index contributed by atoms with van der Waals surface area (Å²) < 4.78 is 23.8. The molecule has 45 heavy (non-hydrogen) atoms. The van der Waals surface area contributed by atoms with Gasteiger partial charge >= 0.3 is 5.97 Å². The first-order valence-electron chi connectivity index (χ1n) is 14.9. The number of aromatic carboxylic acids is 2. The van der Waals surface area contributed by atoms with Crippen LogP contribution in [0.5, 0.6) is 34.5 Å². The molecule has 240 valence electrons. The molecule has 1 unspecified atom stereocenters. The van der Waals surface area contributed by atoms with Crippen LogP contribution in [0.15, 0.2) is 24.3 Å². The molecule has 0 saturated carbocycles. The Bertz CT molecular complexity index is 1740. The summed E-state index contributed by atoms with van der Waals surface area (Å²) in [6, 6.07) is 8.03. The van der Waals surface area contributed by atoms with Gasteiger partial charge in [-0.2, -0.15) is 12.6 Å². The van der Waals surface area contributed by atoms with E-state index in [0.717, 1.165) is 36.3 Å². The number of methoxy groups -OCH3 is 2. The standard InChI is InChI=1S/C33H34O8.C2H7NS/c1-15-16(2)26(30(36)37)28-27(25(15)29(34)35)40-23-10-18-20(12-24(23)41-28)33(14-32(18,5)6)13-31(3,4)17-9-21(38-7)22(39-8)11-19(17)33;3-1-2-4/h9-12H,13-14H2,1-8H3,(H,34,35)(H,36,37);4H,1-3H2. The highest BCUT2D eigenvalue weighted by molar-refractivity contribution is 7.80. The predicted octanol–water partition coefficient (Wildman–Crippen LogP) is 5.09. The van der Waals surface area contributed by atoms with Crippen LogP contribution in [-0.2, 0) is 16.2 Å². The summed E-state index contributed by atoms with van der Waals surface area (Å²) in [5.41, 5.74) is 7.45. The summed E-state index contributed by atoms with van der Waals surface area (Å²) in [6.45, 7) is 12.9. The van der Waals surface area contributed by atoms with Crippen molar-refractivity contribution in [3.8, 4) is 34.5 Å². The van der Waals surface area contributed by atoms with E-state index in [1.807, 2.05) is 12.1 Å². The van der Waals surface area contributed by atoms with Gasteiger partial charge in [-0.3, -0.25) is 0 Å². The molecule has 0 aromatic heterocycles. The van der Waals surface area contributed by atoms with Crippen LogP contribution >= 0.6 is 12.6 Å². The van der Waals surface area contributed by atoms with E-state index in [-0.39, 0.29) is 50.0 Å². The Hall–Kier alpha value is -3.89. The van der Waals surface area contributed by atoms with Gasteiger partial charge in [0.2, 0.25) is 0 Å². The fourth-order valence-corrected chi connectivity index (χ4v) is 7.66. The lowest BCUT2D eigenvalue weighted by atomic mass is 9.72. The predicted molar refractivity (Wildman–Crippen MR) is 171 cm³/mol. The lowest BCUT2D eigenvalue weighted by Gasteiger charge is -2.31. The third kappa shape index (κ3) is 4.89. The molecule has 4 N–H and O–H groups in total. The number of quaternary nitrogens is 1. The highest BCUT2D eigenvalue weighted by Gasteiger charge is 2.57. The molecule has 0 bridgehead atoms. The van der Waals surface area contributed by atoms with Crippen molar-refractivity contribution in [1.29, 1.82) is 0 Å². The van der Waals surface area contributed by atoms with E-state index in [9.17, 15) is 19.8 Å². The van der Waals surface area contributed by atoms with Crippen molar-refractivity contribution in [3.05, 3.63) is 68.8 Å². The summed E-state index contributed by atoms with van der Waals surface area (Å²) in [5.74, 6) is -0.0327. The van der Waals surface area contributed by atoms with Gasteiger partial charge in [0.15, 0.2) is 34.5 Å². The molecule has 6 rings (SSSR count). The van der Waals surface area contributed by atoms with Crippen LogP contribution in [0, 0.1) is 13.8 Å². The molecule has 2 aliphatic carbocycles. The fraction of sp³-hybridized carbons (Fsp3) is 0.429. The SMILES string of the molecule is COc1cc2c(cc1OC)C1(CC2(C)C)CC(C)(C)c2cc3c(cc21)Oc1c(c(C(=O)[O-])c(C)c(C)c1C(=O)O)O3.[NH3+]CCS. The van der Waals surface area contributed by atoms with Gasteiger partial charge in [-0.05, 0) is 95.2 Å². The van der Waals surface area contributed by atoms with Crippen LogP contribution in [-0.4, -0.2) is 43.6 Å². The molecule has 1 heterocycles. The van der Waals surface area contributed by atoms with Crippen molar-refractivity contribution in [2.24, 2.45) is 0 Å². The normalized spacial score (nSPS) is 19.2. The zero-order valence-electron chi connectivity index (χ0n) is 27.1. The maximum atomic E-state index is 12.3. The van der Waals surface area contributed by atoms with Gasteiger partial charge in [0.1, 0.15) is 5.56 Å². The van der Waals surface area contributed by atoms with Gasteiger partial charge in [0.25, 0.3) is 0 Å². The van der Waals surface area contributed by atoms with E-state index in [0.29, 0.717) is 23.0 Å². The first kappa shape index (κ1) is 32.5. The monoisotopic (exact) mass is 635 g/mol. The van der Waals surface area contributed by atoms with Gasteiger partial charge in [0.05, 0.1) is 26.7 Å². The highest BCUT2D eigenvalue weighted by Crippen LogP contribution is 2.65. The molecule has 10 heteroatoms. The van der Waals surface area contributed by atoms with Crippen LogP contribution in [0.25, 0.3) is 0 Å². The van der Waals surface area contributed by atoms with Crippen molar-refractivity contribution in [2.75, 3.05) is 26.5 Å². The number of carboxylic acid groups (broad SMARTS) is 2. The third-order valence-corrected chi connectivity index (χ3v) is 9.87. The second-order valence-electron chi connectivity index (χ2n) is 13.3. The van der Waals surface area contributed by atoms with Crippen molar-refractivity contribution in [2.45, 2.75) is 70.6 Å². The van der Waals surface area contributed by atoms with Gasteiger partial charge in [0, 0.05) is 16.7 Å².